The van der Waals surface area contributed by atoms with Crippen molar-refractivity contribution in [3.05, 3.63) is 0 Å². The fourth-order valence-corrected chi connectivity index (χ4v) is 3.75. The molecule has 0 aromatic rings. The highest BCUT2D eigenvalue weighted by molar-refractivity contribution is 5.78. The van der Waals surface area contributed by atoms with Crippen LogP contribution < -0.4 is 0 Å². The van der Waals surface area contributed by atoms with Crippen molar-refractivity contribution >= 4 is 11.8 Å². The molecule has 0 radical (unpaired) electrons. The summed E-state index contributed by atoms with van der Waals surface area (Å²) in [5, 5.41) is 0. The van der Waals surface area contributed by atoms with E-state index in [0.717, 1.165) is 51.9 Å². The molecule has 2 rings (SSSR count). The molecular weight excluding hydrogens is 292 g/mol. The van der Waals surface area contributed by atoms with Crippen LogP contribution in [0.1, 0.15) is 52.9 Å². The number of amides is 2. The number of ether oxygens (including phenoxy) is 1. The van der Waals surface area contributed by atoms with E-state index in [1.807, 2.05) is 16.7 Å². The summed E-state index contributed by atoms with van der Waals surface area (Å²) < 4.78 is 5.27. The summed E-state index contributed by atoms with van der Waals surface area (Å²) >= 11 is 0. The van der Waals surface area contributed by atoms with E-state index >= 15 is 0 Å². The van der Waals surface area contributed by atoms with Crippen LogP contribution >= 0.6 is 0 Å². The molecule has 0 aromatic heterocycles. The molecule has 132 valence electrons. The molecule has 0 aliphatic carbocycles. The minimum Gasteiger partial charge on any atom is -0.372 e. The summed E-state index contributed by atoms with van der Waals surface area (Å²) in [5.41, 5.74) is 0.102. The van der Waals surface area contributed by atoms with E-state index in [2.05, 4.69) is 13.8 Å². The van der Waals surface area contributed by atoms with Gasteiger partial charge in [0.05, 0.1) is 0 Å². The summed E-state index contributed by atoms with van der Waals surface area (Å²) in [6.07, 6.45) is 4.75. The van der Waals surface area contributed by atoms with E-state index in [0.29, 0.717) is 18.9 Å². The molecule has 0 unspecified atom stereocenters. The third-order valence-corrected chi connectivity index (χ3v) is 5.17. The maximum absolute atomic E-state index is 12.3. The normalized spacial score (nSPS) is 25.5. The van der Waals surface area contributed by atoms with Crippen molar-refractivity contribution in [1.29, 1.82) is 0 Å². The maximum Gasteiger partial charge on any atom is 0.248 e. The topological polar surface area (TPSA) is 49.9 Å². The molecule has 0 bridgehead atoms. The number of nitrogens with zero attached hydrogens (tertiary/aromatic N) is 2. The van der Waals surface area contributed by atoms with Gasteiger partial charge >= 0.3 is 0 Å². The second kappa shape index (κ2) is 8.13. The van der Waals surface area contributed by atoms with Crippen LogP contribution in [-0.4, -0.2) is 61.0 Å². The van der Waals surface area contributed by atoms with Gasteiger partial charge in [0.1, 0.15) is 6.61 Å². The van der Waals surface area contributed by atoms with Crippen LogP contribution in [0.15, 0.2) is 0 Å². The van der Waals surface area contributed by atoms with Crippen molar-refractivity contribution in [2.75, 3.05) is 39.4 Å². The molecule has 2 heterocycles. The van der Waals surface area contributed by atoms with Crippen molar-refractivity contribution < 1.29 is 14.3 Å². The van der Waals surface area contributed by atoms with Crippen molar-refractivity contribution in [2.45, 2.75) is 52.9 Å². The van der Waals surface area contributed by atoms with Crippen LogP contribution in [0.4, 0.5) is 0 Å². The van der Waals surface area contributed by atoms with Gasteiger partial charge in [-0.3, -0.25) is 9.59 Å². The lowest BCUT2D eigenvalue weighted by atomic mass is 9.73. The first-order chi connectivity index (χ1) is 11.0. The molecule has 2 saturated heterocycles. The SMILES string of the molecule is CCOCC(=O)N1CCC[C@@]2(CCC(=O)N(CCC(C)C)C2)C1. The zero-order valence-corrected chi connectivity index (χ0v) is 15.0. The molecule has 2 aliphatic heterocycles. The minimum absolute atomic E-state index is 0.0940. The van der Waals surface area contributed by atoms with Crippen molar-refractivity contribution in [3.8, 4) is 0 Å². The Hall–Kier alpha value is -1.10. The second-order valence-corrected chi connectivity index (χ2v) is 7.55. The average molecular weight is 324 g/mol. The van der Waals surface area contributed by atoms with Gasteiger partial charge in [-0.1, -0.05) is 13.8 Å². The Morgan fingerprint density at radius 2 is 2.09 bits per heavy atom. The van der Waals surface area contributed by atoms with E-state index < -0.39 is 0 Å². The third-order valence-electron chi connectivity index (χ3n) is 5.17. The Labute approximate surface area is 140 Å². The summed E-state index contributed by atoms with van der Waals surface area (Å²) in [6.45, 7) is 10.3. The third kappa shape index (κ3) is 4.93. The molecule has 0 aromatic carbocycles. The summed E-state index contributed by atoms with van der Waals surface area (Å²) in [5.74, 6) is 0.988. The lowest BCUT2D eigenvalue weighted by Gasteiger charge is -2.48. The Morgan fingerprint density at radius 3 is 2.78 bits per heavy atom. The Balaban J connectivity index is 1.96. The lowest BCUT2D eigenvalue weighted by molar-refractivity contribution is -0.145. The zero-order valence-electron chi connectivity index (χ0n) is 15.0. The van der Waals surface area contributed by atoms with E-state index in [9.17, 15) is 9.59 Å². The Kier molecular flexibility index (Phi) is 6.45. The molecule has 1 spiro atoms. The van der Waals surface area contributed by atoms with Crippen LogP contribution in [0.2, 0.25) is 0 Å². The van der Waals surface area contributed by atoms with Crippen molar-refractivity contribution in [1.82, 2.24) is 9.80 Å². The van der Waals surface area contributed by atoms with Gasteiger partial charge in [-0.15, -0.1) is 0 Å². The highest BCUT2D eigenvalue weighted by atomic mass is 16.5. The van der Waals surface area contributed by atoms with Gasteiger partial charge in [0.2, 0.25) is 11.8 Å². The molecule has 0 N–H and O–H groups in total. The molecular formula is C18H32N2O3. The first-order valence-corrected chi connectivity index (χ1v) is 9.09. The maximum atomic E-state index is 12.3. The smallest absolute Gasteiger partial charge is 0.248 e. The van der Waals surface area contributed by atoms with Crippen LogP contribution in [0, 0.1) is 11.3 Å². The fraction of sp³-hybridized carbons (Fsp3) is 0.889. The predicted molar refractivity (Wildman–Crippen MR) is 90.0 cm³/mol. The van der Waals surface area contributed by atoms with Crippen molar-refractivity contribution in [3.63, 3.8) is 0 Å². The molecule has 2 amide bonds. The van der Waals surface area contributed by atoms with Crippen LogP contribution in [0.3, 0.4) is 0 Å². The van der Waals surface area contributed by atoms with E-state index in [4.69, 9.17) is 4.74 Å². The lowest BCUT2D eigenvalue weighted by Crippen LogP contribution is -2.55. The monoisotopic (exact) mass is 324 g/mol. The van der Waals surface area contributed by atoms with Crippen LogP contribution in [0.5, 0.6) is 0 Å². The number of carbonyl (C=O) groups excluding carboxylic acids is 2. The highest BCUT2D eigenvalue weighted by Gasteiger charge is 2.42. The highest BCUT2D eigenvalue weighted by Crippen LogP contribution is 2.39. The summed E-state index contributed by atoms with van der Waals surface area (Å²) in [7, 11) is 0. The van der Waals surface area contributed by atoms with Crippen LogP contribution in [0.25, 0.3) is 0 Å². The van der Waals surface area contributed by atoms with Gasteiger partial charge in [0.25, 0.3) is 0 Å². The number of rotatable bonds is 6. The quantitative estimate of drug-likeness (QED) is 0.753. The molecule has 2 fully saturated rings. The van der Waals surface area contributed by atoms with Gasteiger partial charge in [-0.25, -0.2) is 0 Å². The average Bonchev–Trinajstić information content (AvgIpc) is 2.54. The molecule has 23 heavy (non-hydrogen) atoms. The number of piperidine rings is 2. The Bertz CT molecular complexity index is 424. The predicted octanol–water partition coefficient (Wildman–Crippen LogP) is 2.30. The first-order valence-electron chi connectivity index (χ1n) is 9.09. The largest absolute Gasteiger partial charge is 0.372 e. The summed E-state index contributed by atoms with van der Waals surface area (Å²) in [4.78, 5) is 28.5. The van der Waals surface area contributed by atoms with Gasteiger partial charge in [0, 0.05) is 44.6 Å². The van der Waals surface area contributed by atoms with Gasteiger partial charge < -0.3 is 14.5 Å². The van der Waals surface area contributed by atoms with Crippen LogP contribution in [-0.2, 0) is 14.3 Å². The van der Waals surface area contributed by atoms with Crippen molar-refractivity contribution in [2.24, 2.45) is 11.3 Å². The van der Waals surface area contributed by atoms with Gasteiger partial charge in [-0.2, -0.15) is 0 Å². The Morgan fingerprint density at radius 1 is 1.30 bits per heavy atom. The zero-order chi connectivity index (χ0) is 16.9. The molecule has 5 heteroatoms. The fourth-order valence-electron chi connectivity index (χ4n) is 3.75. The number of carbonyl (C=O) groups is 2. The molecule has 1 atom stereocenters. The van der Waals surface area contributed by atoms with E-state index in [1.54, 1.807) is 0 Å². The molecule has 0 saturated carbocycles. The van der Waals surface area contributed by atoms with Gasteiger partial charge in [0.15, 0.2) is 0 Å². The second-order valence-electron chi connectivity index (χ2n) is 7.55. The minimum atomic E-state index is 0.0940. The number of hydrogen-bond acceptors (Lipinski definition) is 3. The standard InChI is InChI=1S/C18H32N2O3/c1-4-23-12-17(22)19-10-5-8-18(13-19)9-6-16(21)20(14-18)11-7-15(2)3/h15H,4-14H2,1-3H3/t18-/m1/s1. The van der Waals surface area contributed by atoms with Gasteiger partial charge in [-0.05, 0) is 38.5 Å². The first kappa shape index (κ1) is 18.2. The molecule has 5 nitrogen and oxygen atoms in total. The molecule has 2 aliphatic rings. The number of hydrogen-bond donors (Lipinski definition) is 0. The van der Waals surface area contributed by atoms with E-state index in [-0.39, 0.29) is 23.8 Å². The van der Waals surface area contributed by atoms with E-state index in [1.165, 1.54) is 0 Å². The summed E-state index contributed by atoms with van der Waals surface area (Å²) in [6, 6.07) is 0. The number of likely N-dealkylation sites (tertiary alicyclic amines) is 2.